The lowest BCUT2D eigenvalue weighted by Crippen LogP contribution is -2.16. The van der Waals surface area contributed by atoms with E-state index in [0.29, 0.717) is 5.75 Å². The molecule has 2 aromatic carbocycles. The average Bonchev–Trinajstić information content (AvgIpc) is 2.70. The van der Waals surface area contributed by atoms with E-state index in [1.165, 1.54) is 32.7 Å². The van der Waals surface area contributed by atoms with Crippen LogP contribution in [-0.2, 0) is 10.0 Å². The molecule has 1 aromatic heterocycles. The summed E-state index contributed by atoms with van der Waals surface area (Å²) in [4.78, 5) is 8.19. The van der Waals surface area contributed by atoms with Crippen LogP contribution in [0.1, 0.15) is 0 Å². The van der Waals surface area contributed by atoms with Crippen molar-refractivity contribution >= 4 is 27.2 Å². The molecule has 3 rings (SSSR count). The predicted octanol–water partition coefficient (Wildman–Crippen LogP) is 3.04. The summed E-state index contributed by atoms with van der Waals surface area (Å²) in [5, 5.41) is 3.06. The number of para-hydroxylation sites is 1. The smallest absolute Gasteiger partial charge is 0.262 e. The van der Waals surface area contributed by atoms with E-state index in [1.807, 2.05) is 30.3 Å². The molecule has 9 heteroatoms. The number of aromatic nitrogens is 2. The third-order valence-electron chi connectivity index (χ3n) is 3.65. The number of benzene rings is 2. The molecule has 0 saturated heterocycles. The fourth-order valence-corrected chi connectivity index (χ4v) is 3.38. The lowest BCUT2D eigenvalue weighted by atomic mass is 10.3. The Hall–Kier alpha value is -3.33. The summed E-state index contributed by atoms with van der Waals surface area (Å²) < 4.78 is 38.3. The van der Waals surface area contributed by atoms with Crippen LogP contribution in [0.15, 0.2) is 65.8 Å². The van der Waals surface area contributed by atoms with Gasteiger partial charge in [0.2, 0.25) is 5.88 Å². The highest BCUT2D eigenvalue weighted by Gasteiger charge is 2.21. The zero-order chi connectivity index (χ0) is 19.3. The Balaban J connectivity index is 1.96. The van der Waals surface area contributed by atoms with Crippen LogP contribution in [-0.4, -0.2) is 32.6 Å². The van der Waals surface area contributed by atoms with Crippen molar-refractivity contribution in [1.29, 1.82) is 0 Å². The fourth-order valence-electron chi connectivity index (χ4n) is 2.32. The predicted molar refractivity (Wildman–Crippen MR) is 102 cm³/mol. The Morgan fingerprint density at radius 1 is 0.889 bits per heavy atom. The van der Waals surface area contributed by atoms with E-state index in [1.54, 1.807) is 12.1 Å². The standard InChI is InChI=1S/C18H18N4O4S/c1-25-14-8-10-15(11-9-14)27(23,24)22-16-17(19-12-20-18(16)26-2)21-13-6-4-3-5-7-13/h3-12,22H,1-2H3,(H,19,20,21). The van der Waals surface area contributed by atoms with Crippen molar-refractivity contribution in [3.05, 3.63) is 60.9 Å². The van der Waals surface area contributed by atoms with Gasteiger partial charge >= 0.3 is 0 Å². The Morgan fingerprint density at radius 3 is 2.22 bits per heavy atom. The second kappa shape index (κ2) is 7.92. The number of hydrogen-bond acceptors (Lipinski definition) is 7. The van der Waals surface area contributed by atoms with Crippen molar-refractivity contribution in [3.8, 4) is 11.6 Å². The molecule has 140 valence electrons. The second-order valence-electron chi connectivity index (χ2n) is 5.38. The molecule has 0 unspecified atom stereocenters. The summed E-state index contributed by atoms with van der Waals surface area (Å²) in [6.45, 7) is 0. The molecule has 8 nitrogen and oxygen atoms in total. The van der Waals surface area contributed by atoms with Crippen molar-refractivity contribution in [2.24, 2.45) is 0 Å². The van der Waals surface area contributed by atoms with Gasteiger partial charge in [-0.05, 0) is 36.4 Å². The van der Waals surface area contributed by atoms with Gasteiger partial charge in [-0.1, -0.05) is 18.2 Å². The van der Waals surface area contributed by atoms with Gasteiger partial charge in [0.05, 0.1) is 19.1 Å². The molecular formula is C18H18N4O4S. The summed E-state index contributed by atoms with van der Waals surface area (Å²) >= 11 is 0. The van der Waals surface area contributed by atoms with Crippen LogP contribution in [0.3, 0.4) is 0 Å². The molecule has 0 aliphatic carbocycles. The topological polar surface area (TPSA) is 102 Å². The van der Waals surface area contributed by atoms with E-state index >= 15 is 0 Å². The monoisotopic (exact) mass is 386 g/mol. The summed E-state index contributed by atoms with van der Waals surface area (Å²) in [6.07, 6.45) is 1.29. The van der Waals surface area contributed by atoms with Crippen molar-refractivity contribution in [1.82, 2.24) is 9.97 Å². The highest BCUT2D eigenvalue weighted by Crippen LogP contribution is 2.32. The van der Waals surface area contributed by atoms with E-state index in [2.05, 4.69) is 20.0 Å². The number of nitrogens with zero attached hydrogens (tertiary/aromatic N) is 2. The minimum atomic E-state index is -3.89. The summed E-state index contributed by atoms with van der Waals surface area (Å²) in [6, 6.07) is 15.3. The van der Waals surface area contributed by atoms with Gasteiger partial charge in [-0.3, -0.25) is 4.72 Å². The Bertz CT molecular complexity index is 1010. The zero-order valence-corrected chi connectivity index (χ0v) is 15.5. The maximum Gasteiger partial charge on any atom is 0.262 e. The minimum absolute atomic E-state index is 0.0693. The molecule has 0 spiro atoms. The highest BCUT2D eigenvalue weighted by molar-refractivity contribution is 7.92. The molecular weight excluding hydrogens is 368 g/mol. The van der Waals surface area contributed by atoms with Gasteiger partial charge in [-0.2, -0.15) is 4.98 Å². The first-order valence-corrected chi connectivity index (χ1v) is 9.40. The van der Waals surface area contributed by atoms with Crippen LogP contribution < -0.4 is 19.5 Å². The summed E-state index contributed by atoms with van der Waals surface area (Å²) in [7, 11) is -0.979. The number of hydrogen-bond donors (Lipinski definition) is 2. The first-order chi connectivity index (χ1) is 13.0. The first-order valence-electron chi connectivity index (χ1n) is 7.91. The Kier molecular flexibility index (Phi) is 5.41. The minimum Gasteiger partial charge on any atom is -0.497 e. The van der Waals surface area contributed by atoms with Gasteiger partial charge in [0.15, 0.2) is 11.5 Å². The molecule has 2 N–H and O–H groups in total. The lowest BCUT2D eigenvalue weighted by Gasteiger charge is -2.15. The highest BCUT2D eigenvalue weighted by atomic mass is 32.2. The number of nitrogens with one attached hydrogen (secondary N) is 2. The molecule has 0 amide bonds. The maximum absolute atomic E-state index is 12.8. The van der Waals surface area contributed by atoms with Crippen LogP contribution >= 0.6 is 0 Å². The number of rotatable bonds is 7. The second-order valence-corrected chi connectivity index (χ2v) is 7.06. The van der Waals surface area contributed by atoms with Crippen molar-refractivity contribution < 1.29 is 17.9 Å². The first kappa shape index (κ1) is 18.5. The molecule has 27 heavy (non-hydrogen) atoms. The molecule has 0 atom stereocenters. The third-order valence-corrected chi connectivity index (χ3v) is 5.01. The quantitative estimate of drug-likeness (QED) is 0.643. The van der Waals surface area contributed by atoms with Crippen LogP contribution in [0.5, 0.6) is 11.6 Å². The number of anilines is 3. The van der Waals surface area contributed by atoms with Crippen LogP contribution in [0.25, 0.3) is 0 Å². The van der Waals surface area contributed by atoms with E-state index in [9.17, 15) is 8.42 Å². The SMILES string of the molecule is COc1ccc(S(=O)(=O)Nc2c(Nc3ccccc3)ncnc2OC)cc1. The van der Waals surface area contributed by atoms with Crippen molar-refractivity contribution in [3.63, 3.8) is 0 Å². The van der Waals surface area contributed by atoms with Crippen molar-refractivity contribution in [2.45, 2.75) is 4.90 Å². The third kappa shape index (κ3) is 4.26. The molecule has 3 aromatic rings. The van der Waals surface area contributed by atoms with Gasteiger partial charge in [0, 0.05) is 5.69 Å². The molecule has 0 fully saturated rings. The molecule has 0 aliphatic rings. The largest absolute Gasteiger partial charge is 0.497 e. The summed E-state index contributed by atoms with van der Waals surface area (Å²) in [5.74, 6) is 0.923. The van der Waals surface area contributed by atoms with Gasteiger partial charge < -0.3 is 14.8 Å². The van der Waals surface area contributed by atoms with Gasteiger partial charge in [-0.25, -0.2) is 13.4 Å². The van der Waals surface area contributed by atoms with Crippen molar-refractivity contribution in [2.75, 3.05) is 24.3 Å². The number of methoxy groups -OCH3 is 2. The van der Waals surface area contributed by atoms with E-state index in [-0.39, 0.29) is 22.3 Å². The molecule has 0 radical (unpaired) electrons. The normalized spacial score (nSPS) is 10.9. The van der Waals surface area contributed by atoms with Gasteiger partial charge in [0.1, 0.15) is 12.1 Å². The number of ether oxygens (including phenoxy) is 2. The fraction of sp³-hybridized carbons (Fsp3) is 0.111. The van der Waals surface area contributed by atoms with Gasteiger partial charge in [0.25, 0.3) is 10.0 Å². The van der Waals surface area contributed by atoms with E-state index in [0.717, 1.165) is 5.69 Å². The number of sulfonamides is 1. The Morgan fingerprint density at radius 2 is 1.59 bits per heavy atom. The summed E-state index contributed by atoms with van der Waals surface area (Å²) in [5.41, 5.74) is 0.850. The lowest BCUT2D eigenvalue weighted by molar-refractivity contribution is 0.399. The maximum atomic E-state index is 12.8. The molecule has 0 bridgehead atoms. The van der Waals surface area contributed by atoms with Crippen LogP contribution in [0.4, 0.5) is 17.2 Å². The molecule has 0 aliphatic heterocycles. The van der Waals surface area contributed by atoms with Crippen LogP contribution in [0, 0.1) is 0 Å². The zero-order valence-electron chi connectivity index (χ0n) is 14.7. The molecule has 1 heterocycles. The average molecular weight is 386 g/mol. The van der Waals surface area contributed by atoms with Gasteiger partial charge in [-0.15, -0.1) is 0 Å². The van der Waals surface area contributed by atoms with E-state index in [4.69, 9.17) is 9.47 Å². The van der Waals surface area contributed by atoms with Crippen LogP contribution in [0.2, 0.25) is 0 Å². The molecule has 0 saturated carbocycles. The van der Waals surface area contributed by atoms with E-state index < -0.39 is 10.0 Å². The Labute approximate surface area is 157 Å².